The first kappa shape index (κ1) is 15.4. The number of carbonyl (C=O) groups excluding carboxylic acids is 1. The highest BCUT2D eigenvalue weighted by atomic mass is 16.5. The third-order valence-corrected chi connectivity index (χ3v) is 5.91. The van der Waals surface area contributed by atoms with Gasteiger partial charge in [0.2, 0.25) is 0 Å². The van der Waals surface area contributed by atoms with Crippen LogP contribution in [0.1, 0.15) is 48.0 Å². The number of ether oxygens (including phenoxy) is 1. The molecule has 0 bridgehead atoms. The molecular weight excluding hydrogens is 326 g/mol. The maximum Gasteiger partial charge on any atom is 0.252 e. The van der Waals surface area contributed by atoms with Crippen molar-refractivity contribution in [3.05, 3.63) is 47.8 Å². The van der Waals surface area contributed by atoms with E-state index in [1.165, 1.54) is 6.42 Å². The number of methoxy groups -OCH3 is 1. The molecule has 5 nitrogen and oxygen atoms in total. The largest absolute Gasteiger partial charge is 0.496 e. The Balaban J connectivity index is 1.69. The molecule has 132 valence electrons. The summed E-state index contributed by atoms with van der Waals surface area (Å²) < 4.78 is 5.54. The van der Waals surface area contributed by atoms with E-state index in [-0.39, 0.29) is 11.4 Å². The Morgan fingerprint density at radius 2 is 1.96 bits per heavy atom. The van der Waals surface area contributed by atoms with Gasteiger partial charge in [-0.25, -0.2) is 4.98 Å². The number of amides is 1. The van der Waals surface area contributed by atoms with Crippen molar-refractivity contribution < 1.29 is 9.53 Å². The molecule has 3 aromatic rings. The zero-order valence-electron chi connectivity index (χ0n) is 14.8. The molecule has 0 unspecified atom stereocenters. The van der Waals surface area contributed by atoms with Crippen LogP contribution in [0.15, 0.2) is 36.7 Å². The summed E-state index contributed by atoms with van der Waals surface area (Å²) in [5, 5.41) is 4.26. The van der Waals surface area contributed by atoms with Crippen LogP contribution < -0.4 is 10.1 Å². The Hall–Kier alpha value is -2.82. The fourth-order valence-corrected chi connectivity index (χ4v) is 4.63. The molecule has 1 fully saturated rings. The predicted octanol–water partition coefficient (Wildman–Crippen LogP) is 4.14. The third-order valence-electron chi connectivity index (χ3n) is 5.91. The molecule has 5 heteroatoms. The van der Waals surface area contributed by atoms with E-state index in [0.717, 1.165) is 64.7 Å². The maximum atomic E-state index is 12.5. The Bertz CT molecular complexity index is 1020. The molecule has 0 radical (unpaired) electrons. The van der Waals surface area contributed by atoms with Crippen LogP contribution in [-0.4, -0.2) is 23.0 Å². The van der Waals surface area contributed by atoms with E-state index in [9.17, 15) is 4.79 Å². The summed E-state index contributed by atoms with van der Waals surface area (Å²) in [4.78, 5) is 20.1. The lowest BCUT2D eigenvalue weighted by Crippen LogP contribution is -2.40. The number of rotatable bonds is 2. The van der Waals surface area contributed by atoms with Gasteiger partial charge >= 0.3 is 0 Å². The first-order chi connectivity index (χ1) is 12.7. The van der Waals surface area contributed by atoms with Crippen LogP contribution >= 0.6 is 0 Å². The van der Waals surface area contributed by atoms with Crippen LogP contribution in [-0.2, 0) is 5.54 Å². The summed E-state index contributed by atoms with van der Waals surface area (Å²) in [7, 11) is 1.67. The smallest absolute Gasteiger partial charge is 0.252 e. The molecule has 1 aromatic carbocycles. The van der Waals surface area contributed by atoms with Crippen molar-refractivity contribution in [1.82, 2.24) is 15.3 Å². The molecule has 1 amide bonds. The zero-order chi connectivity index (χ0) is 17.7. The Kier molecular flexibility index (Phi) is 3.32. The number of pyridine rings is 1. The minimum Gasteiger partial charge on any atom is -0.496 e. The number of nitrogens with zero attached hydrogens (tertiary/aromatic N) is 1. The van der Waals surface area contributed by atoms with Crippen molar-refractivity contribution in [2.24, 2.45) is 0 Å². The molecule has 1 saturated carbocycles. The Morgan fingerprint density at radius 3 is 2.77 bits per heavy atom. The molecule has 1 aliphatic carbocycles. The van der Waals surface area contributed by atoms with Crippen LogP contribution in [0, 0.1) is 0 Å². The van der Waals surface area contributed by atoms with Gasteiger partial charge in [-0.2, -0.15) is 0 Å². The summed E-state index contributed by atoms with van der Waals surface area (Å²) in [6.07, 6.45) is 9.33. The van der Waals surface area contributed by atoms with Gasteiger partial charge in [-0.1, -0.05) is 25.3 Å². The lowest BCUT2D eigenvalue weighted by atomic mass is 9.77. The number of carbonyl (C=O) groups is 1. The number of H-pyrrole nitrogens is 1. The number of aromatic nitrogens is 2. The highest BCUT2D eigenvalue weighted by Gasteiger charge is 2.43. The van der Waals surface area contributed by atoms with Crippen LogP contribution in [0.5, 0.6) is 5.75 Å². The standard InChI is InChI=1S/C21H21N3O2/c1-26-17-7-10-22-19-18(17)15(12-23-19)13-5-6-14-16(11-13)21(24-20(14)25)8-3-2-4-9-21/h5-7,10-12H,2-4,8-9H2,1H3,(H,22,23)(H,24,25). The van der Waals surface area contributed by atoms with Crippen LogP contribution in [0.3, 0.4) is 0 Å². The summed E-state index contributed by atoms with van der Waals surface area (Å²) in [5.74, 6) is 0.861. The van der Waals surface area contributed by atoms with Gasteiger partial charge in [-0.15, -0.1) is 0 Å². The van der Waals surface area contributed by atoms with E-state index >= 15 is 0 Å². The van der Waals surface area contributed by atoms with Gasteiger partial charge in [0, 0.05) is 23.5 Å². The first-order valence-electron chi connectivity index (χ1n) is 9.19. The fourth-order valence-electron chi connectivity index (χ4n) is 4.63. The highest BCUT2D eigenvalue weighted by molar-refractivity contribution is 6.02. The maximum absolute atomic E-state index is 12.5. The SMILES string of the molecule is COc1ccnc2[nH]cc(-c3ccc4c(c3)C3(CCCCC3)NC4=O)c12. The molecule has 5 rings (SSSR count). The van der Waals surface area contributed by atoms with E-state index in [1.807, 2.05) is 24.4 Å². The van der Waals surface area contributed by atoms with Crippen molar-refractivity contribution in [1.29, 1.82) is 0 Å². The lowest BCUT2D eigenvalue weighted by molar-refractivity contribution is 0.0909. The molecule has 0 atom stereocenters. The minimum atomic E-state index is -0.185. The summed E-state index contributed by atoms with van der Waals surface area (Å²) in [6.45, 7) is 0. The predicted molar refractivity (Wildman–Crippen MR) is 100 cm³/mol. The van der Waals surface area contributed by atoms with Crippen molar-refractivity contribution in [3.63, 3.8) is 0 Å². The Morgan fingerprint density at radius 1 is 1.12 bits per heavy atom. The van der Waals surface area contributed by atoms with Crippen molar-refractivity contribution in [2.75, 3.05) is 7.11 Å². The molecule has 1 spiro atoms. The van der Waals surface area contributed by atoms with Gasteiger partial charge < -0.3 is 15.0 Å². The molecule has 1 aliphatic heterocycles. The van der Waals surface area contributed by atoms with E-state index < -0.39 is 0 Å². The topological polar surface area (TPSA) is 67.0 Å². The van der Waals surface area contributed by atoms with Gasteiger partial charge in [0.25, 0.3) is 5.91 Å². The van der Waals surface area contributed by atoms with Crippen LogP contribution in [0.25, 0.3) is 22.2 Å². The molecule has 2 aromatic heterocycles. The highest BCUT2D eigenvalue weighted by Crippen LogP contribution is 2.44. The molecule has 3 heterocycles. The molecule has 2 N–H and O–H groups in total. The molecular formula is C21H21N3O2. The number of hydrogen-bond acceptors (Lipinski definition) is 3. The normalized spacial score (nSPS) is 18.1. The summed E-state index contributed by atoms with van der Waals surface area (Å²) in [5.41, 5.74) is 4.73. The third kappa shape index (κ3) is 2.09. The number of benzene rings is 1. The van der Waals surface area contributed by atoms with E-state index in [1.54, 1.807) is 13.3 Å². The monoisotopic (exact) mass is 347 g/mol. The van der Waals surface area contributed by atoms with E-state index in [4.69, 9.17) is 4.74 Å². The number of hydrogen-bond donors (Lipinski definition) is 2. The van der Waals surface area contributed by atoms with E-state index in [2.05, 4.69) is 21.4 Å². The second-order valence-corrected chi connectivity index (χ2v) is 7.30. The van der Waals surface area contributed by atoms with Crippen molar-refractivity contribution in [2.45, 2.75) is 37.6 Å². The molecule has 0 saturated heterocycles. The second kappa shape index (κ2) is 5.59. The molecule has 26 heavy (non-hydrogen) atoms. The minimum absolute atomic E-state index is 0.0617. The average Bonchev–Trinajstić information content (AvgIpc) is 3.22. The van der Waals surface area contributed by atoms with Gasteiger partial charge in [0.05, 0.1) is 18.0 Å². The summed E-state index contributed by atoms with van der Waals surface area (Å²) in [6, 6.07) is 8.05. The lowest BCUT2D eigenvalue weighted by Gasteiger charge is -2.34. The van der Waals surface area contributed by atoms with Gasteiger partial charge in [0.15, 0.2) is 0 Å². The van der Waals surface area contributed by atoms with Gasteiger partial charge in [-0.05, 0) is 42.2 Å². The van der Waals surface area contributed by atoms with Crippen molar-refractivity contribution in [3.8, 4) is 16.9 Å². The van der Waals surface area contributed by atoms with Crippen molar-refractivity contribution >= 4 is 16.9 Å². The number of fused-ring (bicyclic) bond motifs is 3. The number of nitrogens with one attached hydrogen (secondary N) is 2. The quantitative estimate of drug-likeness (QED) is 0.732. The van der Waals surface area contributed by atoms with Gasteiger partial charge in [0.1, 0.15) is 11.4 Å². The average molecular weight is 347 g/mol. The second-order valence-electron chi connectivity index (χ2n) is 7.30. The number of aromatic amines is 1. The van der Waals surface area contributed by atoms with Gasteiger partial charge in [-0.3, -0.25) is 4.79 Å². The molecule has 2 aliphatic rings. The zero-order valence-corrected chi connectivity index (χ0v) is 14.8. The van der Waals surface area contributed by atoms with Crippen LogP contribution in [0.2, 0.25) is 0 Å². The fraction of sp³-hybridized carbons (Fsp3) is 0.333. The summed E-state index contributed by atoms with van der Waals surface area (Å²) >= 11 is 0. The van der Waals surface area contributed by atoms with Crippen LogP contribution in [0.4, 0.5) is 0 Å². The Labute approximate surface area is 151 Å². The van der Waals surface area contributed by atoms with E-state index in [0.29, 0.717) is 0 Å². The first-order valence-corrected chi connectivity index (χ1v) is 9.19.